The lowest BCUT2D eigenvalue weighted by molar-refractivity contribution is 1.97. The number of hydrogen-bond donors (Lipinski definition) is 0. The zero-order chi connectivity index (χ0) is 10.1. The molecule has 0 aliphatic carbocycles. The van der Waals surface area contributed by atoms with E-state index in [1.807, 2.05) is 22.7 Å². The molecule has 0 bridgehead atoms. The van der Waals surface area contributed by atoms with Gasteiger partial charge in [0.2, 0.25) is 0 Å². The maximum absolute atomic E-state index is 2.39. The predicted octanol–water partition coefficient (Wildman–Crippen LogP) is 3.12. The summed E-state index contributed by atoms with van der Waals surface area (Å²) in [4.78, 5) is 2.90. The first kappa shape index (κ1) is 9.33. The second-order valence-electron chi connectivity index (χ2n) is 3.48. The zero-order valence-corrected chi connectivity index (χ0v) is 10.9. The molecule has 0 saturated heterocycles. The second-order valence-corrected chi connectivity index (χ2v) is 7.79. The number of rotatable bonds is 2. The summed E-state index contributed by atoms with van der Waals surface area (Å²) in [6, 6.07) is 6.65. The Kier molecular flexibility index (Phi) is 2.44. The minimum Gasteiger partial charge on any atom is -0.143 e. The Bertz CT molecular complexity index is 493. The third-order valence-corrected chi connectivity index (χ3v) is 7.21. The molecule has 0 amide bonds. The summed E-state index contributed by atoms with van der Waals surface area (Å²) >= 11 is 3.71. The van der Waals surface area contributed by atoms with E-state index in [0.717, 1.165) is 0 Å². The molecule has 0 nitrogen and oxygen atoms in total. The Hall–Kier alpha value is -0.903. The van der Waals surface area contributed by atoms with E-state index in [9.17, 15) is 0 Å². The first-order chi connectivity index (χ1) is 7.45. The summed E-state index contributed by atoms with van der Waals surface area (Å²) in [6.45, 7) is 0. The van der Waals surface area contributed by atoms with E-state index in [4.69, 9.17) is 0 Å². The summed E-state index contributed by atoms with van der Waals surface area (Å²) in [7, 11) is -0.919. The highest BCUT2D eigenvalue weighted by molar-refractivity contribution is 7.22. The lowest BCUT2D eigenvalue weighted by Gasteiger charge is -2.04. The minimum atomic E-state index is -0.919. The molecule has 1 aliphatic heterocycles. The van der Waals surface area contributed by atoms with Gasteiger partial charge in [-0.1, -0.05) is 35.7 Å². The summed E-state index contributed by atoms with van der Waals surface area (Å²) in [5.74, 6) is 0. The Morgan fingerprint density at radius 3 is 2.53 bits per heavy atom. The van der Waals surface area contributed by atoms with Gasteiger partial charge in [-0.25, -0.2) is 0 Å². The van der Waals surface area contributed by atoms with Gasteiger partial charge in [0.05, 0.1) is 0 Å². The highest BCUT2D eigenvalue weighted by atomic mass is 32.1. The molecule has 0 unspecified atom stereocenters. The van der Waals surface area contributed by atoms with Crippen molar-refractivity contribution in [2.45, 2.75) is 0 Å². The van der Waals surface area contributed by atoms with E-state index in [0.29, 0.717) is 0 Å². The van der Waals surface area contributed by atoms with Crippen molar-refractivity contribution < 1.29 is 0 Å². The fraction of sp³-hybridized carbons (Fsp3) is 0. The van der Waals surface area contributed by atoms with E-state index in [1.54, 1.807) is 5.19 Å². The molecule has 0 fully saturated rings. The number of allylic oxidation sites excluding steroid dienone is 2. The Labute approximate surface area is 98.8 Å². The smallest absolute Gasteiger partial charge is 0.119 e. The normalized spacial score (nSPS) is 15.2. The van der Waals surface area contributed by atoms with Crippen molar-refractivity contribution in [3.8, 4) is 9.75 Å². The standard InChI is InChI=1S/C12H10S2Si/c1-2-9-15(8-1)11-5-7-14-12(11)10-4-3-6-13-10/h1-9,15H. The molecule has 0 spiro atoms. The first-order valence-corrected chi connectivity index (χ1v) is 8.58. The number of hydrogen-bond acceptors (Lipinski definition) is 2. The summed E-state index contributed by atoms with van der Waals surface area (Å²) in [5, 5.41) is 5.95. The quantitative estimate of drug-likeness (QED) is 0.714. The maximum atomic E-state index is 2.39. The van der Waals surface area contributed by atoms with Gasteiger partial charge in [0.1, 0.15) is 8.80 Å². The Balaban J connectivity index is 2.06. The van der Waals surface area contributed by atoms with Gasteiger partial charge in [-0.05, 0) is 22.0 Å². The van der Waals surface area contributed by atoms with Crippen LogP contribution in [0, 0.1) is 0 Å². The number of thiophene rings is 2. The zero-order valence-electron chi connectivity index (χ0n) is 8.09. The van der Waals surface area contributed by atoms with Crippen LogP contribution in [0.5, 0.6) is 0 Å². The van der Waals surface area contributed by atoms with Crippen molar-refractivity contribution >= 4 is 36.7 Å². The molecule has 0 atom stereocenters. The largest absolute Gasteiger partial charge is 0.143 e. The van der Waals surface area contributed by atoms with Gasteiger partial charge in [-0.2, -0.15) is 0 Å². The highest BCUT2D eigenvalue weighted by Crippen LogP contribution is 2.28. The minimum absolute atomic E-state index is 0.919. The van der Waals surface area contributed by atoms with E-state index in [1.165, 1.54) is 9.75 Å². The van der Waals surface area contributed by atoms with Crippen LogP contribution in [0.1, 0.15) is 0 Å². The lowest BCUT2D eigenvalue weighted by Crippen LogP contribution is -2.24. The topological polar surface area (TPSA) is 0 Å². The van der Waals surface area contributed by atoms with Crippen molar-refractivity contribution in [1.82, 2.24) is 0 Å². The molecule has 3 heteroatoms. The Morgan fingerprint density at radius 2 is 1.80 bits per heavy atom. The molecule has 0 saturated carbocycles. The van der Waals surface area contributed by atoms with Gasteiger partial charge in [-0.3, -0.25) is 0 Å². The van der Waals surface area contributed by atoms with E-state index < -0.39 is 8.80 Å². The summed E-state index contributed by atoms with van der Waals surface area (Å²) < 4.78 is 0. The molecular weight excluding hydrogens is 236 g/mol. The van der Waals surface area contributed by atoms with Gasteiger partial charge in [-0.15, -0.1) is 22.7 Å². The van der Waals surface area contributed by atoms with Gasteiger partial charge in [0.15, 0.2) is 0 Å². The van der Waals surface area contributed by atoms with Crippen LogP contribution in [0.25, 0.3) is 9.75 Å². The third-order valence-electron chi connectivity index (χ3n) is 2.55. The van der Waals surface area contributed by atoms with Crippen LogP contribution in [-0.4, -0.2) is 8.80 Å². The average Bonchev–Trinajstić information content (AvgIpc) is 3.01. The van der Waals surface area contributed by atoms with Gasteiger partial charge in [0.25, 0.3) is 0 Å². The molecule has 3 rings (SSSR count). The summed E-state index contributed by atoms with van der Waals surface area (Å²) in [5.41, 5.74) is 4.78. The van der Waals surface area contributed by atoms with Gasteiger partial charge >= 0.3 is 0 Å². The van der Waals surface area contributed by atoms with Gasteiger partial charge in [0, 0.05) is 9.75 Å². The maximum Gasteiger partial charge on any atom is 0.119 e. The monoisotopic (exact) mass is 246 g/mol. The first-order valence-electron chi connectivity index (χ1n) is 4.91. The molecule has 2 aromatic rings. The fourth-order valence-corrected chi connectivity index (χ4v) is 6.45. The van der Waals surface area contributed by atoms with Crippen molar-refractivity contribution in [3.05, 3.63) is 52.5 Å². The van der Waals surface area contributed by atoms with Crippen LogP contribution < -0.4 is 5.19 Å². The van der Waals surface area contributed by atoms with Crippen LogP contribution in [0.2, 0.25) is 0 Å². The van der Waals surface area contributed by atoms with Crippen molar-refractivity contribution in [2.75, 3.05) is 0 Å². The Morgan fingerprint density at radius 1 is 0.933 bits per heavy atom. The highest BCUT2D eigenvalue weighted by Gasteiger charge is 2.16. The molecular formula is C12H10S2Si. The second kappa shape index (κ2) is 3.93. The predicted molar refractivity (Wildman–Crippen MR) is 72.7 cm³/mol. The van der Waals surface area contributed by atoms with Crippen molar-refractivity contribution in [3.63, 3.8) is 0 Å². The van der Waals surface area contributed by atoms with Crippen LogP contribution >= 0.6 is 22.7 Å². The van der Waals surface area contributed by atoms with E-state index in [-0.39, 0.29) is 0 Å². The molecule has 2 aromatic heterocycles. The molecule has 1 aliphatic rings. The third kappa shape index (κ3) is 1.67. The molecule has 0 radical (unpaired) electrons. The molecule has 0 aromatic carbocycles. The average molecular weight is 246 g/mol. The van der Waals surface area contributed by atoms with Crippen LogP contribution in [-0.2, 0) is 0 Å². The van der Waals surface area contributed by atoms with E-state index >= 15 is 0 Å². The van der Waals surface area contributed by atoms with Crippen molar-refractivity contribution in [2.24, 2.45) is 0 Å². The van der Waals surface area contributed by atoms with E-state index in [2.05, 4.69) is 52.5 Å². The van der Waals surface area contributed by atoms with Crippen LogP contribution in [0.3, 0.4) is 0 Å². The van der Waals surface area contributed by atoms with Crippen molar-refractivity contribution in [1.29, 1.82) is 0 Å². The lowest BCUT2D eigenvalue weighted by atomic mass is 10.4. The van der Waals surface area contributed by atoms with Crippen LogP contribution in [0.15, 0.2) is 52.5 Å². The molecule has 0 N–H and O–H groups in total. The molecule has 15 heavy (non-hydrogen) atoms. The molecule has 3 heterocycles. The van der Waals surface area contributed by atoms with Gasteiger partial charge < -0.3 is 0 Å². The summed E-state index contributed by atoms with van der Waals surface area (Å²) in [6.07, 6.45) is 4.37. The molecule has 74 valence electrons. The van der Waals surface area contributed by atoms with Crippen LogP contribution in [0.4, 0.5) is 0 Å². The SMILES string of the molecule is C1=C[SiH](c2ccsc2-c2cccs2)C=C1. The fourth-order valence-electron chi connectivity index (χ4n) is 1.83.